The van der Waals surface area contributed by atoms with Gasteiger partial charge in [-0.1, -0.05) is 24.3 Å². The molecule has 0 bridgehead atoms. The molecule has 0 aromatic heterocycles. The summed E-state index contributed by atoms with van der Waals surface area (Å²) in [5.74, 6) is -0.245. The van der Waals surface area contributed by atoms with Gasteiger partial charge < -0.3 is 4.90 Å². The second-order valence-electron chi connectivity index (χ2n) is 7.13. The van der Waals surface area contributed by atoms with Gasteiger partial charge >= 0.3 is 0 Å². The van der Waals surface area contributed by atoms with Crippen LogP contribution in [-0.2, 0) is 33.9 Å². The maximum absolute atomic E-state index is 12.7. The second-order valence-corrected chi connectivity index (χ2v) is 9.24. The van der Waals surface area contributed by atoms with E-state index in [0.29, 0.717) is 11.4 Å². The summed E-state index contributed by atoms with van der Waals surface area (Å²) in [5, 5.41) is 0. The molecule has 136 valence electrons. The highest BCUT2D eigenvalue weighted by molar-refractivity contribution is 7.91. The summed E-state index contributed by atoms with van der Waals surface area (Å²) < 4.78 is 25.4. The van der Waals surface area contributed by atoms with Crippen molar-refractivity contribution in [3.8, 4) is 0 Å². The van der Waals surface area contributed by atoms with E-state index in [1.165, 1.54) is 5.56 Å². The van der Waals surface area contributed by atoms with Gasteiger partial charge in [0.05, 0.1) is 10.6 Å². The molecule has 0 fully saturated rings. The Morgan fingerprint density at radius 2 is 1.69 bits per heavy atom. The lowest BCUT2D eigenvalue weighted by molar-refractivity contribution is -0.118. The Balaban J connectivity index is 1.48. The van der Waals surface area contributed by atoms with Crippen LogP contribution in [0.5, 0.6) is 0 Å². The number of carbonyl (C=O) groups is 1. The summed E-state index contributed by atoms with van der Waals surface area (Å²) in [6.45, 7) is 0.661. The molecule has 2 aromatic rings. The van der Waals surface area contributed by atoms with Crippen molar-refractivity contribution in [3.63, 3.8) is 0 Å². The molecule has 2 aliphatic rings. The normalized spacial score (nSPS) is 16.2. The zero-order valence-corrected chi connectivity index (χ0v) is 15.6. The maximum atomic E-state index is 12.7. The molecule has 4 nitrogen and oxygen atoms in total. The lowest BCUT2D eigenvalue weighted by atomic mass is 10.0. The van der Waals surface area contributed by atoms with E-state index in [1.54, 1.807) is 17.0 Å². The Kier molecular flexibility index (Phi) is 4.57. The summed E-state index contributed by atoms with van der Waals surface area (Å²) in [5.41, 5.74) is 4.49. The molecule has 1 aliphatic carbocycles. The molecule has 26 heavy (non-hydrogen) atoms. The van der Waals surface area contributed by atoms with E-state index >= 15 is 0 Å². The quantitative estimate of drug-likeness (QED) is 0.831. The molecule has 2 aromatic carbocycles. The molecular formula is C21H23NO3S. The number of aryl methyl sites for hydroxylation is 3. The Labute approximate surface area is 154 Å². The number of carbonyl (C=O) groups excluding carboxylic acids is 1. The average Bonchev–Trinajstić information content (AvgIpc) is 3.13. The van der Waals surface area contributed by atoms with Crippen molar-refractivity contribution in [2.75, 3.05) is 17.2 Å². The molecule has 1 aliphatic heterocycles. The van der Waals surface area contributed by atoms with Crippen LogP contribution in [0.2, 0.25) is 0 Å². The molecule has 0 saturated heterocycles. The summed E-state index contributed by atoms with van der Waals surface area (Å²) in [7, 11) is -3.44. The number of nitrogens with zero attached hydrogens (tertiary/aromatic N) is 1. The predicted octanol–water partition coefficient (Wildman–Crippen LogP) is 3.32. The van der Waals surface area contributed by atoms with Crippen LogP contribution in [0.4, 0.5) is 5.69 Å². The van der Waals surface area contributed by atoms with Crippen LogP contribution in [0.15, 0.2) is 47.4 Å². The van der Waals surface area contributed by atoms with Crippen molar-refractivity contribution < 1.29 is 13.2 Å². The number of sulfone groups is 1. The van der Waals surface area contributed by atoms with E-state index in [2.05, 4.69) is 0 Å². The SMILES string of the molecule is O=C(CCS(=O)(=O)c1ccc2c(c1)CCC2)N1CCCc2ccccc21. The van der Waals surface area contributed by atoms with Crippen molar-refractivity contribution in [2.24, 2.45) is 0 Å². The van der Waals surface area contributed by atoms with Gasteiger partial charge in [-0.3, -0.25) is 4.79 Å². The summed E-state index contributed by atoms with van der Waals surface area (Å²) in [6.07, 6.45) is 4.97. The molecule has 1 heterocycles. The Bertz CT molecular complexity index is 949. The predicted molar refractivity (Wildman–Crippen MR) is 102 cm³/mol. The fraction of sp³-hybridized carbons (Fsp3) is 0.381. The molecule has 0 unspecified atom stereocenters. The minimum atomic E-state index is -3.44. The Morgan fingerprint density at radius 3 is 2.58 bits per heavy atom. The van der Waals surface area contributed by atoms with Crippen molar-refractivity contribution in [3.05, 3.63) is 59.2 Å². The largest absolute Gasteiger partial charge is 0.312 e. The van der Waals surface area contributed by atoms with Crippen molar-refractivity contribution in [1.29, 1.82) is 0 Å². The number of benzene rings is 2. The number of amides is 1. The van der Waals surface area contributed by atoms with Gasteiger partial charge in [-0.15, -0.1) is 0 Å². The summed E-state index contributed by atoms with van der Waals surface area (Å²) in [4.78, 5) is 14.8. The zero-order chi connectivity index (χ0) is 18.1. The second kappa shape index (κ2) is 6.88. The van der Waals surface area contributed by atoms with Crippen LogP contribution in [0.25, 0.3) is 0 Å². The Morgan fingerprint density at radius 1 is 0.923 bits per heavy atom. The van der Waals surface area contributed by atoms with Gasteiger partial charge in [-0.2, -0.15) is 0 Å². The van der Waals surface area contributed by atoms with Crippen molar-refractivity contribution >= 4 is 21.4 Å². The first-order valence-electron chi connectivity index (χ1n) is 9.27. The lowest BCUT2D eigenvalue weighted by Crippen LogP contribution is -2.36. The highest BCUT2D eigenvalue weighted by Gasteiger charge is 2.25. The lowest BCUT2D eigenvalue weighted by Gasteiger charge is -2.29. The summed E-state index contributed by atoms with van der Waals surface area (Å²) >= 11 is 0. The van der Waals surface area contributed by atoms with Gasteiger partial charge in [-0.25, -0.2) is 8.42 Å². The van der Waals surface area contributed by atoms with Crippen LogP contribution in [0.3, 0.4) is 0 Å². The van der Waals surface area contributed by atoms with Crippen LogP contribution < -0.4 is 4.90 Å². The van der Waals surface area contributed by atoms with Gasteiger partial charge in [0, 0.05) is 18.7 Å². The van der Waals surface area contributed by atoms with E-state index in [9.17, 15) is 13.2 Å². The van der Waals surface area contributed by atoms with E-state index in [0.717, 1.165) is 48.9 Å². The smallest absolute Gasteiger partial charge is 0.228 e. The van der Waals surface area contributed by atoms with Gasteiger partial charge in [0.15, 0.2) is 9.84 Å². The first-order valence-corrected chi connectivity index (χ1v) is 10.9. The third-order valence-electron chi connectivity index (χ3n) is 5.43. The number of hydrogen-bond donors (Lipinski definition) is 0. The van der Waals surface area contributed by atoms with Gasteiger partial charge in [0.2, 0.25) is 5.91 Å². The molecule has 0 saturated carbocycles. The first-order chi connectivity index (χ1) is 12.5. The third kappa shape index (κ3) is 3.28. The number of para-hydroxylation sites is 1. The highest BCUT2D eigenvalue weighted by atomic mass is 32.2. The van der Waals surface area contributed by atoms with Crippen LogP contribution >= 0.6 is 0 Å². The molecule has 0 spiro atoms. The third-order valence-corrected chi connectivity index (χ3v) is 7.14. The standard InChI is InChI=1S/C21H23NO3S/c23-21(22-13-4-8-17-5-1-2-9-20(17)22)12-14-26(24,25)19-11-10-16-6-3-7-18(16)15-19/h1-2,5,9-11,15H,3-4,6-8,12-14H2. The zero-order valence-electron chi connectivity index (χ0n) is 14.8. The molecule has 5 heteroatoms. The number of anilines is 1. The average molecular weight is 369 g/mol. The molecule has 4 rings (SSSR count). The molecule has 0 radical (unpaired) electrons. The van der Waals surface area contributed by atoms with Crippen LogP contribution in [-0.4, -0.2) is 26.6 Å². The fourth-order valence-corrected chi connectivity index (χ4v) is 5.29. The number of hydrogen-bond acceptors (Lipinski definition) is 3. The van der Waals surface area contributed by atoms with Crippen molar-refractivity contribution in [1.82, 2.24) is 0 Å². The fourth-order valence-electron chi connectivity index (χ4n) is 4.01. The topological polar surface area (TPSA) is 54.5 Å². The molecule has 1 amide bonds. The molecule has 0 atom stereocenters. The van der Waals surface area contributed by atoms with E-state index in [4.69, 9.17) is 0 Å². The maximum Gasteiger partial charge on any atom is 0.228 e. The van der Waals surface area contributed by atoms with E-state index in [-0.39, 0.29) is 18.1 Å². The van der Waals surface area contributed by atoms with Crippen LogP contribution in [0, 0.1) is 0 Å². The van der Waals surface area contributed by atoms with Crippen molar-refractivity contribution in [2.45, 2.75) is 43.4 Å². The minimum absolute atomic E-state index is 0.0216. The number of fused-ring (bicyclic) bond motifs is 2. The van der Waals surface area contributed by atoms with E-state index < -0.39 is 9.84 Å². The number of rotatable bonds is 4. The highest BCUT2D eigenvalue weighted by Crippen LogP contribution is 2.28. The first kappa shape index (κ1) is 17.3. The monoisotopic (exact) mass is 369 g/mol. The van der Waals surface area contributed by atoms with Crippen LogP contribution in [0.1, 0.15) is 36.0 Å². The Hall–Kier alpha value is -2.14. The van der Waals surface area contributed by atoms with Gasteiger partial charge in [0.1, 0.15) is 0 Å². The van der Waals surface area contributed by atoms with Gasteiger partial charge in [0.25, 0.3) is 0 Å². The van der Waals surface area contributed by atoms with Gasteiger partial charge in [-0.05, 0) is 67.0 Å². The molecule has 0 N–H and O–H groups in total. The molecular weight excluding hydrogens is 346 g/mol. The minimum Gasteiger partial charge on any atom is -0.312 e. The summed E-state index contributed by atoms with van der Waals surface area (Å²) in [6, 6.07) is 13.3. The van der Waals surface area contributed by atoms with E-state index in [1.807, 2.05) is 30.3 Å².